The molecule has 0 saturated carbocycles. The van der Waals surface area contributed by atoms with Crippen LogP contribution in [0.5, 0.6) is 6.01 Å². The maximum absolute atomic E-state index is 11.5. The van der Waals surface area contributed by atoms with Gasteiger partial charge in [0.05, 0.1) is 5.10 Å². The van der Waals surface area contributed by atoms with Crippen molar-refractivity contribution in [1.29, 1.82) is 0 Å². The lowest BCUT2D eigenvalue weighted by atomic mass is 10.1. The van der Waals surface area contributed by atoms with E-state index in [4.69, 9.17) is 0 Å². The number of nitrogens with zero attached hydrogens (tertiary/aromatic N) is 3. The topological polar surface area (TPSA) is 73.0 Å². The highest BCUT2D eigenvalue weighted by Gasteiger charge is 2.10. The van der Waals surface area contributed by atoms with Gasteiger partial charge >= 0.3 is 6.01 Å². The molecule has 1 N–H and O–H groups in total. The highest BCUT2D eigenvalue weighted by atomic mass is 16.5. The summed E-state index contributed by atoms with van der Waals surface area (Å²) in [5.41, 5.74) is 2.70. The van der Waals surface area contributed by atoms with Gasteiger partial charge in [0.1, 0.15) is 5.52 Å². The standard InChI is InChI=1S/C13H9N3O2/c17-13-14-11-8-10(9-4-2-1-3-5-9)6-7-12(11)16(18)15-13/h1-8H,(H,14,15,17). The molecule has 0 aliphatic rings. The zero-order valence-corrected chi connectivity index (χ0v) is 9.32. The summed E-state index contributed by atoms with van der Waals surface area (Å²) >= 11 is 0. The first-order valence-corrected chi connectivity index (χ1v) is 5.40. The fourth-order valence-corrected chi connectivity index (χ4v) is 1.85. The van der Waals surface area contributed by atoms with Gasteiger partial charge in [-0.05, 0) is 28.1 Å². The normalized spacial score (nSPS) is 10.7. The molecule has 0 unspecified atom stereocenters. The molecule has 5 nitrogen and oxygen atoms in total. The first-order chi connectivity index (χ1) is 8.74. The van der Waals surface area contributed by atoms with Crippen LogP contribution in [0.3, 0.4) is 0 Å². The number of benzene rings is 2. The second-order valence-corrected chi connectivity index (χ2v) is 3.85. The van der Waals surface area contributed by atoms with Crippen LogP contribution in [0.2, 0.25) is 0 Å². The van der Waals surface area contributed by atoms with Crippen molar-refractivity contribution in [2.45, 2.75) is 0 Å². The highest BCUT2D eigenvalue weighted by molar-refractivity contribution is 5.79. The van der Waals surface area contributed by atoms with E-state index in [0.717, 1.165) is 11.1 Å². The largest absolute Gasteiger partial charge is 0.594 e. The second-order valence-electron chi connectivity index (χ2n) is 3.85. The van der Waals surface area contributed by atoms with E-state index in [9.17, 15) is 10.3 Å². The lowest BCUT2D eigenvalue weighted by Gasteiger charge is -2.03. The van der Waals surface area contributed by atoms with Gasteiger partial charge < -0.3 is 10.3 Å². The number of fused-ring (bicyclic) bond motifs is 1. The van der Waals surface area contributed by atoms with Crippen molar-refractivity contribution in [3.63, 3.8) is 0 Å². The Bertz CT molecular complexity index is 714. The van der Waals surface area contributed by atoms with Crippen molar-refractivity contribution in [1.82, 2.24) is 10.1 Å². The first kappa shape index (κ1) is 10.5. The fourth-order valence-electron chi connectivity index (χ4n) is 1.85. The molecule has 3 aromatic rings. The molecule has 0 fully saturated rings. The minimum Gasteiger partial charge on any atom is -0.594 e. The number of hydrogen-bond acceptors (Lipinski definition) is 4. The molecular weight excluding hydrogens is 230 g/mol. The van der Waals surface area contributed by atoms with Gasteiger partial charge in [0, 0.05) is 6.07 Å². The highest BCUT2D eigenvalue weighted by Crippen LogP contribution is 2.22. The monoisotopic (exact) mass is 239 g/mol. The van der Waals surface area contributed by atoms with Crippen molar-refractivity contribution < 1.29 is 9.95 Å². The summed E-state index contributed by atoms with van der Waals surface area (Å²) < 4.78 is 0. The quantitative estimate of drug-likeness (QED) is 0.517. The fraction of sp³-hybridized carbons (Fsp3) is 0. The zero-order valence-electron chi connectivity index (χ0n) is 9.32. The number of aromatic hydroxyl groups is 1. The van der Waals surface area contributed by atoms with Crippen LogP contribution in [0, 0.1) is 5.21 Å². The van der Waals surface area contributed by atoms with Gasteiger partial charge in [-0.15, -0.1) is 0 Å². The predicted molar refractivity (Wildman–Crippen MR) is 65.6 cm³/mol. The van der Waals surface area contributed by atoms with Gasteiger partial charge in [-0.1, -0.05) is 30.3 Å². The van der Waals surface area contributed by atoms with E-state index in [-0.39, 0.29) is 0 Å². The van der Waals surface area contributed by atoms with E-state index in [1.807, 2.05) is 36.4 Å². The smallest absolute Gasteiger partial charge is 0.378 e. The SMILES string of the molecule is [O-][n+]1nc(O)nc2cc(-c3ccccc3)ccc21. The summed E-state index contributed by atoms with van der Waals surface area (Å²) in [7, 11) is 0. The molecule has 0 aliphatic carbocycles. The van der Waals surface area contributed by atoms with E-state index in [1.165, 1.54) is 0 Å². The molecule has 0 radical (unpaired) electrons. The van der Waals surface area contributed by atoms with Gasteiger partial charge in [0.15, 0.2) is 0 Å². The van der Waals surface area contributed by atoms with Crippen LogP contribution in [0.25, 0.3) is 22.2 Å². The Morgan fingerprint density at radius 3 is 2.56 bits per heavy atom. The minimum atomic E-state index is -0.525. The molecule has 1 aromatic heterocycles. The Kier molecular flexibility index (Phi) is 2.30. The molecule has 88 valence electrons. The Balaban J connectivity index is 2.23. The molecular formula is C13H9N3O2. The molecule has 0 bridgehead atoms. The minimum absolute atomic E-state index is 0.326. The lowest BCUT2D eigenvalue weighted by molar-refractivity contribution is -0.643. The molecule has 0 atom stereocenters. The third kappa shape index (κ3) is 1.71. The van der Waals surface area contributed by atoms with E-state index < -0.39 is 6.01 Å². The second kappa shape index (κ2) is 3.96. The molecule has 3 rings (SSSR count). The third-order valence-electron chi connectivity index (χ3n) is 2.69. The first-order valence-electron chi connectivity index (χ1n) is 5.40. The maximum Gasteiger partial charge on any atom is 0.378 e. The third-order valence-corrected chi connectivity index (χ3v) is 2.69. The number of aromatic nitrogens is 3. The van der Waals surface area contributed by atoms with Crippen LogP contribution in [0.15, 0.2) is 48.5 Å². The summed E-state index contributed by atoms with van der Waals surface area (Å²) in [4.78, 5) is 4.21. The van der Waals surface area contributed by atoms with E-state index in [1.54, 1.807) is 12.1 Å². The summed E-state index contributed by atoms with van der Waals surface area (Å²) in [6.45, 7) is 0. The lowest BCUT2D eigenvalue weighted by Crippen LogP contribution is -2.32. The number of rotatable bonds is 1. The van der Waals surface area contributed by atoms with Crippen molar-refractivity contribution in [3.8, 4) is 17.1 Å². The molecule has 2 aromatic carbocycles. The van der Waals surface area contributed by atoms with E-state index in [2.05, 4.69) is 10.1 Å². The molecule has 0 aliphatic heterocycles. The van der Waals surface area contributed by atoms with Crippen LogP contribution in [-0.2, 0) is 0 Å². The average molecular weight is 239 g/mol. The molecule has 0 amide bonds. The predicted octanol–water partition coefficient (Wildman–Crippen LogP) is 1.64. The van der Waals surface area contributed by atoms with Gasteiger partial charge in [0.2, 0.25) is 0 Å². The van der Waals surface area contributed by atoms with Crippen molar-refractivity contribution in [2.75, 3.05) is 0 Å². The Hall–Kier alpha value is -2.69. The molecule has 18 heavy (non-hydrogen) atoms. The van der Waals surface area contributed by atoms with Crippen LogP contribution in [0.4, 0.5) is 0 Å². The van der Waals surface area contributed by atoms with E-state index in [0.29, 0.717) is 15.9 Å². The summed E-state index contributed by atoms with van der Waals surface area (Å²) in [6.07, 6.45) is 0. The summed E-state index contributed by atoms with van der Waals surface area (Å²) in [5, 5.41) is 24.0. The Labute approximate surface area is 103 Å². The van der Waals surface area contributed by atoms with Crippen molar-refractivity contribution in [2.24, 2.45) is 0 Å². The Morgan fingerprint density at radius 1 is 1.00 bits per heavy atom. The Morgan fingerprint density at radius 2 is 1.78 bits per heavy atom. The van der Waals surface area contributed by atoms with Crippen LogP contribution in [0.1, 0.15) is 0 Å². The van der Waals surface area contributed by atoms with Crippen molar-refractivity contribution >= 4 is 11.0 Å². The molecule has 0 spiro atoms. The molecule has 5 heteroatoms. The number of hydrogen-bond donors (Lipinski definition) is 1. The molecule has 1 heterocycles. The van der Waals surface area contributed by atoms with Gasteiger partial charge in [-0.25, -0.2) is 0 Å². The van der Waals surface area contributed by atoms with Gasteiger partial charge in [0.25, 0.3) is 5.52 Å². The zero-order chi connectivity index (χ0) is 12.5. The van der Waals surface area contributed by atoms with Crippen LogP contribution >= 0.6 is 0 Å². The summed E-state index contributed by atoms with van der Waals surface area (Å²) in [6, 6.07) is 14.4. The van der Waals surface area contributed by atoms with E-state index >= 15 is 0 Å². The van der Waals surface area contributed by atoms with Gasteiger partial charge in [-0.2, -0.15) is 4.98 Å². The average Bonchev–Trinajstić information content (AvgIpc) is 2.39. The maximum atomic E-state index is 11.5. The van der Waals surface area contributed by atoms with Gasteiger partial charge in [-0.3, -0.25) is 0 Å². The molecule has 0 saturated heterocycles. The van der Waals surface area contributed by atoms with Crippen LogP contribution < -0.4 is 4.85 Å². The van der Waals surface area contributed by atoms with Crippen molar-refractivity contribution in [3.05, 3.63) is 53.7 Å². The van der Waals surface area contributed by atoms with Crippen LogP contribution in [-0.4, -0.2) is 15.2 Å². The summed E-state index contributed by atoms with van der Waals surface area (Å²) in [5.74, 6) is 0.